The zero-order valence-electron chi connectivity index (χ0n) is 9.65. The second-order valence-corrected chi connectivity index (χ2v) is 5.44. The van der Waals surface area contributed by atoms with Crippen LogP contribution in [0.1, 0.15) is 11.3 Å². The fraction of sp³-hybridized carbons (Fsp3) is 0.455. The number of rotatable bonds is 8. The average Bonchev–Trinajstić information content (AvgIpc) is 2.71. The van der Waals surface area contributed by atoms with Crippen molar-refractivity contribution in [2.45, 2.75) is 12.8 Å². The molecule has 0 saturated heterocycles. The van der Waals surface area contributed by atoms with E-state index >= 15 is 0 Å². The van der Waals surface area contributed by atoms with Gasteiger partial charge in [-0.2, -0.15) is 0 Å². The molecule has 100 valence electrons. The molecule has 0 bridgehead atoms. The van der Waals surface area contributed by atoms with Crippen LogP contribution in [0.2, 0.25) is 0 Å². The van der Waals surface area contributed by atoms with Crippen LogP contribution in [0.5, 0.6) is 0 Å². The quantitative estimate of drug-likeness (QED) is 0.708. The van der Waals surface area contributed by atoms with Crippen molar-refractivity contribution in [3.63, 3.8) is 0 Å². The second kappa shape index (κ2) is 8.23. The van der Waals surface area contributed by atoms with E-state index in [0.29, 0.717) is 19.4 Å². The largest absolute Gasteiger partial charge is 0.480 e. The number of carboxylic acids is 1. The van der Waals surface area contributed by atoms with Crippen molar-refractivity contribution in [1.82, 2.24) is 5.32 Å². The SMILES string of the molecule is O=C(O)COCCNC(=O)CCc1cc(Br)cs1. The minimum atomic E-state index is -1.01. The van der Waals surface area contributed by atoms with Gasteiger partial charge in [0.1, 0.15) is 6.61 Å². The Labute approximate surface area is 117 Å². The zero-order valence-corrected chi connectivity index (χ0v) is 12.1. The zero-order chi connectivity index (χ0) is 13.4. The lowest BCUT2D eigenvalue weighted by atomic mass is 10.2. The Balaban J connectivity index is 2.05. The molecule has 1 rings (SSSR count). The van der Waals surface area contributed by atoms with Crippen molar-refractivity contribution in [3.05, 3.63) is 20.8 Å². The molecule has 1 amide bonds. The van der Waals surface area contributed by atoms with Crippen molar-refractivity contribution in [3.8, 4) is 0 Å². The van der Waals surface area contributed by atoms with E-state index in [9.17, 15) is 9.59 Å². The number of aliphatic carboxylic acids is 1. The van der Waals surface area contributed by atoms with Crippen LogP contribution in [0.4, 0.5) is 0 Å². The van der Waals surface area contributed by atoms with Gasteiger partial charge in [0.15, 0.2) is 0 Å². The molecule has 0 aliphatic heterocycles. The molecule has 0 saturated carbocycles. The summed E-state index contributed by atoms with van der Waals surface area (Å²) in [6, 6.07) is 1.99. The average molecular weight is 336 g/mol. The van der Waals surface area contributed by atoms with Gasteiger partial charge in [-0.15, -0.1) is 11.3 Å². The van der Waals surface area contributed by atoms with Crippen LogP contribution < -0.4 is 5.32 Å². The molecule has 5 nitrogen and oxygen atoms in total. The molecule has 0 atom stereocenters. The number of thiophene rings is 1. The predicted octanol–water partition coefficient (Wildman–Crippen LogP) is 1.66. The van der Waals surface area contributed by atoms with E-state index in [1.165, 1.54) is 0 Å². The summed E-state index contributed by atoms with van der Waals surface area (Å²) in [7, 11) is 0. The normalized spacial score (nSPS) is 10.3. The number of carbonyl (C=O) groups excluding carboxylic acids is 1. The second-order valence-electron chi connectivity index (χ2n) is 3.53. The molecule has 2 N–H and O–H groups in total. The Bertz CT molecular complexity index is 408. The number of hydrogen-bond donors (Lipinski definition) is 2. The summed E-state index contributed by atoms with van der Waals surface area (Å²) < 4.78 is 5.83. The monoisotopic (exact) mass is 335 g/mol. The van der Waals surface area contributed by atoms with Gasteiger partial charge in [0.25, 0.3) is 0 Å². The van der Waals surface area contributed by atoms with Crippen molar-refractivity contribution in [1.29, 1.82) is 0 Å². The number of carbonyl (C=O) groups is 2. The topological polar surface area (TPSA) is 75.6 Å². The number of halogens is 1. The molecular formula is C11H14BrNO4S. The number of ether oxygens (including phenoxy) is 1. The molecule has 18 heavy (non-hydrogen) atoms. The molecule has 0 aromatic carbocycles. The van der Waals surface area contributed by atoms with E-state index in [2.05, 4.69) is 21.2 Å². The summed E-state index contributed by atoms with van der Waals surface area (Å²) in [5.41, 5.74) is 0. The first-order valence-corrected chi connectivity index (χ1v) is 7.04. The van der Waals surface area contributed by atoms with Gasteiger partial charge in [0.05, 0.1) is 6.61 Å². The Morgan fingerprint density at radius 3 is 2.89 bits per heavy atom. The van der Waals surface area contributed by atoms with Crippen LogP contribution >= 0.6 is 27.3 Å². The Morgan fingerprint density at radius 1 is 1.50 bits per heavy atom. The molecule has 0 radical (unpaired) electrons. The summed E-state index contributed by atoms with van der Waals surface area (Å²) in [6.45, 7) is 0.210. The van der Waals surface area contributed by atoms with E-state index in [1.807, 2.05) is 11.4 Å². The van der Waals surface area contributed by atoms with Gasteiger partial charge >= 0.3 is 5.97 Å². The molecule has 0 aliphatic carbocycles. The third-order valence-corrected chi connectivity index (χ3v) is 3.77. The van der Waals surface area contributed by atoms with E-state index < -0.39 is 5.97 Å². The van der Waals surface area contributed by atoms with E-state index in [4.69, 9.17) is 9.84 Å². The Kier molecular flexibility index (Phi) is 6.92. The fourth-order valence-corrected chi connectivity index (χ4v) is 2.69. The maximum atomic E-state index is 11.4. The Hall–Kier alpha value is -0.920. The van der Waals surface area contributed by atoms with Gasteiger partial charge in [0, 0.05) is 27.7 Å². The predicted molar refractivity (Wildman–Crippen MR) is 71.8 cm³/mol. The smallest absolute Gasteiger partial charge is 0.329 e. The minimum absolute atomic E-state index is 0.0570. The van der Waals surface area contributed by atoms with Crippen molar-refractivity contribution >= 4 is 39.1 Å². The van der Waals surface area contributed by atoms with E-state index in [-0.39, 0.29) is 19.1 Å². The molecule has 0 unspecified atom stereocenters. The van der Waals surface area contributed by atoms with Crippen LogP contribution in [0.3, 0.4) is 0 Å². The first-order valence-electron chi connectivity index (χ1n) is 5.37. The highest BCUT2D eigenvalue weighted by atomic mass is 79.9. The van der Waals surface area contributed by atoms with E-state index in [1.54, 1.807) is 11.3 Å². The van der Waals surface area contributed by atoms with Crippen molar-refractivity contribution < 1.29 is 19.4 Å². The van der Waals surface area contributed by atoms with Gasteiger partial charge in [0.2, 0.25) is 5.91 Å². The highest BCUT2D eigenvalue weighted by molar-refractivity contribution is 9.10. The summed E-state index contributed by atoms with van der Waals surface area (Å²) in [4.78, 5) is 22.7. The van der Waals surface area contributed by atoms with Crippen LogP contribution in [-0.4, -0.2) is 36.7 Å². The summed E-state index contributed by atoms with van der Waals surface area (Å²) in [6.07, 6.45) is 1.13. The first-order chi connectivity index (χ1) is 8.58. The number of carboxylic acid groups (broad SMARTS) is 1. The maximum Gasteiger partial charge on any atom is 0.329 e. The molecule has 0 spiro atoms. The van der Waals surface area contributed by atoms with Gasteiger partial charge < -0.3 is 15.2 Å². The number of amides is 1. The van der Waals surface area contributed by atoms with Crippen molar-refractivity contribution in [2.24, 2.45) is 0 Å². The number of aryl methyl sites for hydroxylation is 1. The maximum absolute atomic E-state index is 11.4. The highest BCUT2D eigenvalue weighted by Crippen LogP contribution is 2.20. The van der Waals surface area contributed by atoms with Crippen LogP contribution in [0.15, 0.2) is 15.9 Å². The van der Waals surface area contributed by atoms with Gasteiger partial charge in [-0.1, -0.05) is 0 Å². The standard InChI is InChI=1S/C11H14BrNO4S/c12-8-5-9(18-7-8)1-2-10(14)13-3-4-17-6-11(15)16/h5,7H,1-4,6H2,(H,13,14)(H,15,16). The molecule has 1 aromatic rings. The third kappa shape index (κ3) is 6.73. The van der Waals surface area contributed by atoms with Crippen LogP contribution in [-0.2, 0) is 20.7 Å². The molecule has 0 aliphatic rings. The van der Waals surface area contributed by atoms with E-state index in [0.717, 1.165) is 9.35 Å². The van der Waals surface area contributed by atoms with Gasteiger partial charge in [-0.3, -0.25) is 4.79 Å². The molecule has 1 aromatic heterocycles. The number of nitrogens with one attached hydrogen (secondary N) is 1. The minimum Gasteiger partial charge on any atom is -0.480 e. The lowest BCUT2D eigenvalue weighted by Crippen LogP contribution is -2.28. The summed E-state index contributed by atoms with van der Waals surface area (Å²) in [5, 5.41) is 13.0. The van der Waals surface area contributed by atoms with Crippen LogP contribution in [0.25, 0.3) is 0 Å². The highest BCUT2D eigenvalue weighted by Gasteiger charge is 2.04. The van der Waals surface area contributed by atoms with Crippen molar-refractivity contribution in [2.75, 3.05) is 19.8 Å². The molecule has 1 heterocycles. The molecular weight excluding hydrogens is 322 g/mol. The lowest BCUT2D eigenvalue weighted by molar-refractivity contribution is -0.142. The first kappa shape index (κ1) is 15.1. The third-order valence-electron chi connectivity index (χ3n) is 2.01. The van der Waals surface area contributed by atoms with Crippen LogP contribution in [0, 0.1) is 0 Å². The van der Waals surface area contributed by atoms with Gasteiger partial charge in [-0.05, 0) is 28.4 Å². The molecule has 7 heteroatoms. The molecule has 0 fully saturated rings. The van der Waals surface area contributed by atoms with Gasteiger partial charge in [-0.25, -0.2) is 4.79 Å². The fourth-order valence-electron chi connectivity index (χ4n) is 1.23. The lowest BCUT2D eigenvalue weighted by Gasteiger charge is -2.04. The summed E-state index contributed by atoms with van der Waals surface area (Å²) in [5.74, 6) is -1.07. The summed E-state index contributed by atoms with van der Waals surface area (Å²) >= 11 is 4.97. The number of hydrogen-bond acceptors (Lipinski definition) is 4. The Morgan fingerprint density at radius 2 is 2.28 bits per heavy atom.